The van der Waals surface area contributed by atoms with E-state index in [1.54, 1.807) is 6.92 Å². The van der Waals surface area contributed by atoms with Gasteiger partial charge in [0, 0.05) is 0 Å². The van der Waals surface area contributed by atoms with Gasteiger partial charge in [0.05, 0.1) is 13.7 Å². The quantitative estimate of drug-likeness (QED) is 0.198. The molecule has 0 radical (unpaired) electrons. The molecule has 1 atom stereocenters. The summed E-state index contributed by atoms with van der Waals surface area (Å²) in [5.41, 5.74) is 0. The number of ether oxygens (including phenoxy) is 2. The van der Waals surface area contributed by atoms with E-state index in [1.807, 2.05) is 0 Å². The van der Waals surface area contributed by atoms with Gasteiger partial charge in [0.2, 0.25) is 0 Å². The molecule has 0 aliphatic carbocycles. The molecule has 1 N–H and O–H groups in total. The van der Waals surface area contributed by atoms with Crippen LogP contribution in [0.4, 0.5) is 4.79 Å². The van der Waals surface area contributed by atoms with Gasteiger partial charge in [-0.15, -0.1) is 0 Å². The maximum absolute atomic E-state index is 11.7. The lowest BCUT2D eigenvalue weighted by atomic mass is 10.0. The molecule has 0 bridgehead atoms. The zero-order valence-electron chi connectivity index (χ0n) is 18.7. The molecule has 5 heteroatoms. The fourth-order valence-electron chi connectivity index (χ4n) is 3.24. The third-order valence-electron chi connectivity index (χ3n) is 5.12. The smallest absolute Gasteiger partial charge is 0.407 e. The van der Waals surface area contributed by atoms with Gasteiger partial charge in [-0.3, -0.25) is 0 Å². The molecule has 1 unspecified atom stereocenters. The molecule has 1 amide bonds. The highest BCUT2D eigenvalue weighted by molar-refractivity contribution is 5.80. The van der Waals surface area contributed by atoms with Crippen LogP contribution in [0.15, 0.2) is 0 Å². The summed E-state index contributed by atoms with van der Waals surface area (Å²) in [6.07, 6.45) is 20.5. The van der Waals surface area contributed by atoms with Gasteiger partial charge < -0.3 is 14.8 Å². The minimum absolute atomic E-state index is 0.411. The maximum Gasteiger partial charge on any atom is 0.407 e. The van der Waals surface area contributed by atoms with Gasteiger partial charge in [-0.1, -0.05) is 103 Å². The Hall–Kier alpha value is -1.26. The molecular weight excluding hydrogens is 354 g/mol. The van der Waals surface area contributed by atoms with Crippen LogP contribution in [-0.4, -0.2) is 31.8 Å². The highest BCUT2D eigenvalue weighted by Crippen LogP contribution is 2.13. The largest absolute Gasteiger partial charge is 0.464 e. The second kappa shape index (κ2) is 20.5. The molecule has 0 heterocycles. The van der Waals surface area contributed by atoms with E-state index in [0.717, 1.165) is 12.8 Å². The van der Waals surface area contributed by atoms with E-state index in [0.29, 0.717) is 6.61 Å². The van der Waals surface area contributed by atoms with Crippen LogP contribution in [0.5, 0.6) is 0 Å². The standard InChI is InChI=1S/C23H45NO4/c1-4-5-6-7-8-9-10-11-12-13-14-15-16-17-18-19-20-28-22(25)21(2)24-23(26)27-3/h21H,4-20H2,1-3H3,(H,24,26). The fourth-order valence-corrected chi connectivity index (χ4v) is 3.24. The van der Waals surface area contributed by atoms with Crippen molar-refractivity contribution in [2.24, 2.45) is 0 Å². The number of hydrogen-bond donors (Lipinski definition) is 1. The molecule has 0 aliphatic heterocycles. The SMILES string of the molecule is CCCCCCCCCCCCCCCCCCOC(=O)C(C)NC(=O)OC. The zero-order chi connectivity index (χ0) is 20.9. The molecule has 0 aliphatic rings. The number of hydrogen-bond acceptors (Lipinski definition) is 4. The molecule has 0 spiro atoms. The van der Waals surface area contributed by atoms with Crippen molar-refractivity contribution in [3.8, 4) is 0 Å². The molecular formula is C23H45NO4. The number of carbonyl (C=O) groups excluding carboxylic acids is 2. The van der Waals surface area contributed by atoms with E-state index in [2.05, 4.69) is 17.0 Å². The summed E-state index contributed by atoms with van der Waals surface area (Å²) >= 11 is 0. The summed E-state index contributed by atoms with van der Waals surface area (Å²) in [4.78, 5) is 22.7. The van der Waals surface area contributed by atoms with Crippen molar-refractivity contribution in [1.82, 2.24) is 5.32 Å². The van der Waals surface area contributed by atoms with Crippen molar-refractivity contribution in [3.05, 3.63) is 0 Å². The van der Waals surface area contributed by atoms with Crippen LogP contribution < -0.4 is 5.32 Å². The highest BCUT2D eigenvalue weighted by atomic mass is 16.5. The molecule has 0 aromatic heterocycles. The van der Waals surface area contributed by atoms with Crippen molar-refractivity contribution in [1.29, 1.82) is 0 Å². The first-order chi connectivity index (χ1) is 13.6. The Kier molecular flexibility index (Phi) is 19.6. The van der Waals surface area contributed by atoms with Crippen molar-refractivity contribution < 1.29 is 19.1 Å². The van der Waals surface area contributed by atoms with Crippen molar-refractivity contribution in [2.75, 3.05) is 13.7 Å². The Labute approximate surface area is 173 Å². The second-order valence-corrected chi connectivity index (χ2v) is 7.83. The number of rotatable bonds is 19. The third kappa shape index (κ3) is 18.1. The van der Waals surface area contributed by atoms with Crippen molar-refractivity contribution in [2.45, 2.75) is 123 Å². The summed E-state index contributed by atoms with van der Waals surface area (Å²) in [5, 5.41) is 2.40. The minimum Gasteiger partial charge on any atom is -0.464 e. The molecule has 0 rings (SSSR count). The normalized spacial score (nSPS) is 11.8. The zero-order valence-corrected chi connectivity index (χ0v) is 18.7. The first-order valence-electron chi connectivity index (χ1n) is 11.6. The van der Waals surface area contributed by atoms with Gasteiger partial charge in [0.25, 0.3) is 0 Å². The molecule has 5 nitrogen and oxygen atoms in total. The van der Waals surface area contributed by atoms with Crippen LogP contribution in [-0.2, 0) is 14.3 Å². The van der Waals surface area contributed by atoms with E-state index in [1.165, 1.54) is 97.0 Å². The lowest BCUT2D eigenvalue weighted by Gasteiger charge is -2.12. The number of esters is 1. The number of alkyl carbamates (subject to hydrolysis) is 1. The van der Waals surface area contributed by atoms with Gasteiger partial charge in [0.15, 0.2) is 0 Å². The number of carbonyl (C=O) groups is 2. The number of amides is 1. The van der Waals surface area contributed by atoms with E-state index in [-0.39, 0.29) is 0 Å². The summed E-state index contributed by atoms with van der Waals surface area (Å²) in [5.74, 6) is -0.411. The van der Waals surface area contributed by atoms with E-state index in [4.69, 9.17) is 4.74 Å². The molecule has 0 aromatic carbocycles. The molecule has 28 heavy (non-hydrogen) atoms. The summed E-state index contributed by atoms with van der Waals surface area (Å²) in [7, 11) is 1.27. The molecule has 0 aromatic rings. The average Bonchev–Trinajstić information content (AvgIpc) is 2.69. The van der Waals surface area contributed by atoms with E-state index in [9.17, 15) is 9.59 Å². The van der Waals surface area contributed by atoms with Crippen LogP contribution in [0.1, 0.15) is 117 Å². The van der Waals surface area contributed by atoms with Gasteiger partial charge in [-0.25, -0.2) is 9.59 Å². The molecule has 166 valence electrons. The lowest BCUT2D eigenvalue weighted by molar-refractivity contribution is -0.145. The summed E-state index contributed by atoms with van der Waals surface area (Å²) in [6.45, 7) is 4.28. The van der Waals surface area contributed by atoms with Crippen LogP contribution in [0.3, 0.4) is 0 Å². The summed E-state index contributed by atoms with van der Waals surface area (Å²) in [6, 6.07) is -0.673. The number of methoxy groups -OCH3 is 1. The topological polar surface area (TPSA) is 64.6 Å². The van der Waals surface area contributed by atoms with Gasteiger partial charge in [-0.2, -0.15) is 0 Å². The van der Waals surface area contributed by atoms with Crippen molar-refractivity contribution in [3.63, 3.8) is 0 Å². The Balaban J connectivity index is 3.23. The monoisotopic (exact) mass is 399 g/mol. The minimum atomic E-state index is -0.673. The maximum atomic E-state index is 11.7. The average molecular weight is 400 g/mol. The lowest BCUT2D eigenvalue weighted by Crippen LogP contribution is -2.39. The van der Waals surface area contributed by atoms with E-state index < -0.39 is 18.1 Å². The van der Waals surface area contributed by atoms with Crippen molar-refractivity contribution >= 4 is 12.1 Å². The predicted molar refractivity (Wildman–Crippen MR) is 116 cm³/mol. The second-order valence-electron chi connectivity index (χ2n) is 7.83. The highest BCUT2D eigenvalue weighted by Gasteiger charge is 2.16. The van der Waals surface area contributed by atoms with Crippen LogP contribution >= 0.6 is 0 Å². The third-order valence-corrected chi connectivity index (χ3v) is 5.12. The molecule has 0 saturated carbocycles. The van der Waals surface area contributed by atoms with Gasteiger partial charge >= 0.3 is 12.1 Å². The van der Waals surface area contributed by atoms with Crippen LogP contribution in [0.2, 0.25) is 0 Å². The Bertz CT molecular complexity index is 374. The Morgan fingerprint density at radius 1 is 0.714 bits per heavy atom. The summed E-state index contributed by atoms with van der Waals surface area (Å²) < 4.78 is 9.61. The van der Waals surface area contributed by atoms with E-state index >= 15 is 0 Å². The molecule has 0 saturated heterocycles. The first-order valence-corrected chi connectivity index (χ1v) is 11.6. The van der Waals surface area contributed by atoms with Gasteiger partial charge in [0.1, 0.15) is 6.04 Å². The van der Waals surface area contributed by atoms with Crippen LogP contribution in [0, 0.1) is 0 Å². The Morgan fingerprint density at radius 3 is 1.50 bits per heavy atom. The first kappa shape index (κ1) is 26.7. The predicted octanol–water partition coefficient (Wildman–Crippen LogP) is 6.54. The number of unbranched alkanes of at least 4 members (excludes halogenated alkanes) is 15. The van der Waals surface area contributed by atoms with Crippen LogP contribution in [0.25, 0.3) is 0 Å². The van der Waals surface area contributed by atoms with Gasteiger partial charge in [-0.05, 0) is 13.3 Å². The Morgan fingerprint density at radius 2 is 1.11 bits per heavy atom. The number of nitrogens with one attached hydrogen (secondary N) is 1. The fraction of sp³-hybridized carbons (Fsp3) is 0.913. The molecule has 0 fully saturated rings.